The number of nitrogens with one attached hydrogen (secondary N) is 1. The second kappa shape index (κ2) is 10.7. The van der Waals surface area contributed by atoms with E-state index in [2.05, 4.69) is 4.98 Å². The molecule has 9 nitrogen and oxygen atoms in total. The van der Waals surface area contributed by atoms with Gasteiger partial charge in [-0.2, -0.15) is 13.2 Å². The van der Waals surface area contributed by atoms with Crippen LogP contribution in [0.4, 0.5) is 24.5 Å². The van der Waals surface area contributed by atoms with Crippen LogP contribution in [0.5, 0.6) is 5.75 Å². The number of amides is 2. The zero-order valence-electron chi connectivity index (χ0n) is 22.1. The molecule has 1 N–H and O–H groups in total. The van der Waals surface area contributed by atoms with E-state index in [1.165, 1.54) is 24.3 Å². The lowest BCUT2D eigenvalue weighted by molar-refractivity contribution is -0.385. The highest BCUT2D eigenvalue weighted by Gasteiger charge is 2.58. The first-order valence-electron chi connectivity index (χ1n) is 12.8. The van der Waals surface area contributed by atoms with Crippen LogP contribution in [-0.2, 0) is 22.4 Å². The van der Waals surface area contributed by atoms with Crippen LogP contribution in [0, 0.1) is 23.0 Å². The Morgan fingerprint density at radius 3 is 2.51 bits per heavy atom. The van der Waals surface area contributed by atoms with Crippen LogP contribution in [0.25, 0.3) is 0 Å². The number of thioether (sulfide) groups is 1. The van der Waals surface area contributed by atoms with Gasteiger partial charge in [0.1, 0.15) is 17.6 Å². The molecule has 1 fully saturated rings. The number of hydrogen-bond donors (Lipinski definition) is 1. The third kappa shape index (κ3) is 5.10. The average molecular weight is 628 g/mol. The Hall–Kier alpha value is -4.43. The standard InChI is InChI=1S/C29H20F3N3O6S2/c1-14-5-4-6-15(11-14)13-41-20-10-9-16(35(39)40)12-17(20)21-22-24(42-25-23(21)43-28(38)33-25)27(37)34(26(22)36)19-8-3-2-7-18(19)29(30,31)32/h2-12,21-22,24H,13H2,1H3,(H,33,38)/t21-,22-,24+/m0/s1. The molecule has 6 rings (SSSR count). The number of nitro benzene ring substituents is 1. The fourth-order valence-electron chi connectivity index (χ4n) is 5.48. The maximum Gasteiger partial charge on any atom is 0.418 e. The summed E-state index contributed by atoms with van der Waals surface area (Å²) in [5, 5.41) is 10.9. The van der Waals surface area contributed by atoms with Crippen molar-refractivity contribution in [3.05, 3.63) is 114 Å². The number of rotatable bonds is 6. The largest absolute Gasteiger partial charge is 0.489 e. The number of para-hydroxylation sites is 1. The zero-order valence-corrected chi connectivity index (χ0v) is 23.7. The lowest BCUT2D eigenvalue weighted by Crippen LogP contribution is -2.33. The summed E-state index contributed by atoms with van der Waals surface area (Å²) in [5.74, 6) is -4.00. The molecule has 0 bridgehead atoms. The number of H-pyrrole nitrogens is 1. The summed E-state index contributed by atoms with van der Waals surface area (Å²) in [6.07, 6.45) is -4.85. The van der Waals surface area contributed by atoms with Crippen LogP contribution in [0.3, 0.4) is 0 Å². The number of aromatic nitrogens is 1. The molecule has 0 unspecified atom stereocenters. The first kappa shape index (κ1) is 28.7. The van der Waals surface area contributed by atoms with Crippen molar-refractivity contribution in [3.8, 4) is 5.75 Å². The van der Waals surface area contributed by atoms with Gasteiger partial charge in [-0.1, -0.05) is 65.1 Å². The summed E-state index contributed by atoms with van der Waals surface area (Å²) >= 11 is 1.66. The first-order chi connectivity index (χ1) is 20.4. The van der Waals surface area contributed by atoms with Crippen LogP contribution in [0.1, 0.15) is 33.0 Å². The minimum Gasteiger partial charge on any atom is -0.489 e. The van der Waals surface area contributed by atoms with Crippen molar-refractivity contribution in [3.63, 3.8) is 0 Å². The Kier molecular flexibility index (Phi) is 7.13. The van der Waals surface area contributed by atoms with Gasteiger partial charge in [-0.15, -0.1) is 0 Å². The Labute approximate surface area is 249 Å². The highest BCUT2D eigenvalue weighted by Crippen LogP contribution is 2.55. The van der Waals surface area contributed by atoms with E-state index in [4.69, 9.17) is 4.74 Å². The highest BCUT2D eigenvalue weighted by atomic mass is 32.2. The van der Waals surface area contributed by atoms with E-state index in [9.17, 15) is 37.7 Å². The number of ether oxygens (including phenoxy) is 1. The maximum absolute atomic E-state index is 14.0. The van der Waals surface area contributed by atoms with Crippen molar-refractivity contribution in [2.24, 2.45) is 5.92 Å². The fourth-order valence-corrected chi connectivity index (χ4v) is 7.99. The van der Waals surface area contributed by atoms with E-state index in [0.717, 1.165) is 52.4 Å². The molecule has 2 aliphatic heterocycles. The molecule has 0 radical (unpaired) electrons. The number of non-ortho nitro benzene ring substituents is 1. The number of thiazole rings is 1. The number of fused-ring (bicyclic) bond motifs is 2. The number of benzene rings is 3. The van der Waals surface area contributed by atoms with Gasteiger partial charge in [0.05, 0.1) is 27.1 Å². The Morgan fingerprint density at radius 1 is 1.02 bits per heavy atom. The fraction of sp³-hybridized carbons (Fsp3) is 0.207. The number of halogens is 3. The molecule has 4 aromatic rings. The maximum atomic E-state index is 14.0. The molecule has 3 aromatic carbocycles. The zero-order chi connectivity index (χ0) is 30.6. The first-order valence-corrected chi connectivity index (χ1v) is 14.5. The number of aromatic amines is 1. The van der Waals surface area contributed by atoms with Gasteiger partial charge in [-0.3, -0.25) is 24.5 Å². The van der Waals surface area contributed by atoms with Crippen molar-refractivity contribution in [2.75, 3.05) is 4.90 Å². The van der Waals surface area contributed by atoms with E-state index >= 15 is 0 Å². The minimum absolute atomic E-state index is 0.0657. The predicted octanol–water partition coefficient (Wildman–Crippen LogP) is 6.05. The molecule has 0 spiro atoms. The van der Waals surface area contributed by atoms with Gasteiger partial charge in [0.25, 0.3) is 5.69 Å². The summed E-state index contributed by atoms with van der Waals surface area (Å²) in [5.41, 5.74) is -0.138. The molecule has 0 aliphatic carbocycles. The van der Waals surface area contributed by atoms with Crippen LogP contribution >= 0.6 is 23.1 Å². The minimum atomic E-state index is -4.85. The van der Waals surface area contributed by atoms with Gasteiger partial charge < -0.3 is 9.72 Å². The second-order valence-corrected chi connectivity index (χ2v) is 12.2. The molecule has 1 aromatic heterocycles. The van der Waals surface area contributed by atoms with Gasteiger partial charge in [0.15, 0.2) is 0 Å². The number of imide groups is 1. The molecule has 2 amide bonds. The van der Waals surface area contributed by atoms with Crippen molar-refractivity contribution in [1.82, 2.24) is 4.98 Å². The van der Waals surface area contributed by atoms with Crippen LogP contribution in [0.2, 0.25) is 0 Å². The number of aryl methyl sites for hydroxylation is 1. The van der Waals surface area contributed by atoms with Gasteiger partial charge in [-0.25, -0.2) is 4.90 Å². The van der Waals surface area contributed by atoms with Crippen molar-refractivity contribution in [2.45, 2.75) is 35.9 Å². The molecule has 220 valence electrons. The second-order valence-electron chi connectivity index (χ2n) is 10.0. The molecular weight excluding hydrogens is 607 g/mol. The predicted molar refractivity (Wildman–Crippen MR) is 152 cm³/mol. The van der Waals surface area contributed by atoms with Crippen LogP contribution < -0.4 is 14.5 Å². The summed E-state index contributed by atoms with van der Waals surface area (Å²) in [6, 6.07) is 15.6. The number of carbonyl (C=O) groups excluding carboxylic acids is 2. The lowest BCUT2D eigenvalue weighted by Gasteiger charge is -2.30. The topological polar surface area (TPSA) is 123 Å². The smallest absolute Gasteiger partial charge is 0.418 e. The lowest BCUT2D eigenvalue weighted by atomic mass is 9.82. The van der Waals surface area contributed by atoms with E-state index in [1.807, 2.05) is 31.2 Å². The number of nitro groups is 1. The van der Waals surface area contributed by atoms with Crippen LogP contribution in [-0.4, -0.2) is 27.0 Å². The monoisotopic (exact) mass is 627 g/mol. The van der Waals surface area contributed by atoms with Gasteiger partial charge in [0, 0.05) is 28.5 Å². The number of alkyl halides is 3. The summed E-state index contributed by atoms with van der Waals surface area (Å²) in [7, 11) is 0. The Bertz CT molecular complexity index is 1850. The van der Waals surface area contributed by atoms with Crippen molar-refractivity contribution < 1.29 is 32.4 Å². The molecular formula is C29H20F3N3O6S2. The van der Waals surface area contributed by atoms with Gasteiger partial charge >= 0.3 is 11.0 Å². The molecule has 1 saturated heterocycles. The third-order valence-corrected chi connectivity index (χ3v) is 9.69. The van der Waals surface area contributed by atoms with E-state index < -0.39 is 56.1 Å². The Balaban J connectivity index is 1.50. The Morgan fingerprint density at radius 2 is 1.79 bits per heavy atom. The van der Waals surface area contributed by atoms with Crippen molar-refractivity contribution in [1.29, 1.82) is 0 Å². The average Bonchev–Trinajstić information content (AvgIpc) is 3.45. The quantitative estimate of drug-likeness (QED) is 0.157. The van der Waals surface area contributed by atoms with Crippen molar-refractivity contribution >= 4 is 46.3 Å². The summed E-state index contributed by atoms with van der Waals surface area (Å²) in [6.45, 7) is 1.97. The van der Waals surface area contributed by atoms with Crippen LogP contribution in [0.15, 0.2) is 76.6 Å². The molecule has 2 aliphatic rings. The van der Waals surface area contributed by atoms with E-state index in [-0.39, 0.29) is 28.6 Å². The highest BCUT2D eigenvalue weighted by molar-refractivity contribution is 8.00. The van der Waals surface area contributed by atoms with Gasteiger partial charge in [-0.05, 0) is 30.7 Å². The molecule has 3 heterocycles. The molecule has 0 saturated carbocycles. The number of nitrogens with zero attached hydrogens (tertiary/aromatic N) is 2. The van der Waals surface area contributed by atoms with E-state index in [0.29, 0.717) is 9.78 Å². The summed E-state index contributed by atoms with van der Waals surface area (Å²) in [4.78, 5) is 54.4. The van der Waals surface area contributed by atoms with Gasteiger partial charge in [0.2, 0.25) is 11.8 Å². The number of anilines is 1. The van der Waals surface area contributed by atoms with E-state index in [1.54, 1.807) is 0 Å². The normalized spacial score (nSPS) is 19.7. The SMILES string of the molecule is Cc1cccc(COc2ccc([N+](=O)[O-])cc2[C@@H]2c3sc(=O)[nH]c3S[C@H]3C(=O)N(c4ccccc4C(F)(F)F)C(=O)[C@@H]23)c1. The molecule has 43 heavy (non-hydrogen) atoms. The number of hydrogen-bond acceptors (Lipinski definition) is 8. The molecule has 3 atom stereocenters. The third-order valence-electron chi connectivity index (χ3n) is 7.29. The summed E-state index contributed by atoms with van der Waals surface area (Å²) < 4.78 is 47.9. The number of carbonyl (C=O) groups is 2. The molecule has 14 heteroatoms.